The predicted octanol–water partition coefficient (Wildman–Crippen LogP) is 5.68. The van der Waals surface area contributed by atoms with Gasteiger partial charge in [-0.05, 0) is 88.5 Å². The third kappa shape index (κ3) is 9.87. The number of hydrogen-bond acceptors (Lipinski definition) is 19. The number of hydrogen-bond donors (Lipinski definition) is 7. The van der Waals surface area contributed by atoms with Gasteiger partial charge in [-0.1, -0.05) is 23.2 Å². The number of nitrogens with zero attached hydrogens (tertiary/aromatic N) is 7. The molecule has 58 heavy (non-hydrogen) atoms. The van der Waals surface area contributed by atoms with Gasteiger partial charge in [-0.25, -0.2) is 19.6 Å². The first-order valence-electron chi connectivity index (χ1n) is 15.9. The van der Waals surface area contributed by atoms with Gasteiger partial charge >= 0.3 is 23.8 Å². The molecule has 0 aliphatic carbocycles. The van der Waals surface area contributed by atoms with E-state index in [-0.39, 0.29) is 50.5 Å². The first-order chi connectivity index (χ1) is 27.6. The number of carbonyl (C=O) groups is 1. The molecular formula is C33H27N10O12S3+. The lowest BCUT2D eigenvalue weighted by Crippen LogP contribution is -2.34. The van der Waals surface area contributed by atoms with Crippen LogP contribution in [0.4, 0.5) is 40.3 Å². The molecule has 4 aromatic carbocycles. The van der Waals surface area contributed by atoms with E-state index in [2.05, 4.69) is 55.0 Å². The summed E-state index contributed by atoms with van der Waals surface area (Å²) in [5.41, 5.74) is 1.30. The minimum atomic E-state index is -5.03. The average Bonchev–Trinajstić information content (AvgIpc) is 3.18. The number of para-hydroxylation sites is 1. The van der Waals surface area contributed by atoms with Gasteiger partial charge in [0.05, 0.1) is 35.7 Å². The van der Waals surface area contributed by atoms with Gasteiger partial charge in [-0.2, -0.15) is 22.7 Å². The Morgan fingerprint density at radius 2 is 1.59 bits per heavy atom. The van der Waals surface area contributed by atoms with E-state index < -0.39 is 41.7 Å². The minimum Gasteiger partial charge on any atom is -0.478 e. The van der Waals surface area contributed by atoms with Crippen LogP contribution in [0.25, 0.3) is 16.7 Å². The second kappa shape index (κ2) is 17.3. The zero-order chi connectivity index (χ0) is 41.6. The topological polar surface area (TPSA) is 324 Å². The highest BCUT2D eigenvalue weighted by molar-refractivity contribution is 7.94. The van der Waals surface area contributed by atoms with E-state index in [1.165, 1.54) is 47.2 Å². The number of nitrogens with one attached hydrogen (secondary N) is 2. The largest absolute Gasteiger partial charge is 0.478 e. The van der Waals surface area contributed by atoms with Crippen LogP contribution in [0.5, 0.6) is 0 Å². The number of nitrogens with two attached hydrogens (primary N) is 1. The Hall–Kier alpha value is -6.55. The van der Waals surface area contributed by atoms with Crippen LogP contribution in [-0.2, 0) is 34.4 Å². The molecule has 0 radical (unpaired) electrons. The van der Waals surface area contributed by atoms with Gasteiger partial charge < -0.3 is 20.6 Å². The molecule has 2 heterocycles. The van der Waals surface area contributed by atoms with Crippen molar-refractivity contribution >= 4 is 95.8 Å². The fourth-order valence-electron chi connectivity index (χ4n) is 5.18. The molecule has 0 saturated heterocycles. The van der Waals surface area contributed by atoms with Gasteiger partial charge in [-0.15, -0.1) is 19.5 Å². The molecule has 0 aliphatic heterocycles. The van der Waals surface area contributed by atoms with Crippen molar-refractivity contribution in [3.8, 4) is 5.95 Å². The van der Waals surface area contributed by atoms with E-state index in [0.717, 1.165) is 30.2 Å². The standard InChI is InChI=1S/C33H26N10O12S3/c1-18-5-2-3-7-24(18)37-32-38-31(39-33(40-32)43-10-4-6-19(16-43)30(44)45)36-21-8-9-25(26(13-21)35-17-53-34)41-42-27-15-23-20(12-29(27)58(50,51)52)11-22(56-55-54-46)14-28(23)57(47,48)49/h2-17H,34H2,1H3,(H5-,36,37,38,39,40,42,44,45,46,47,48,49,50,51,52)/p+1. The number of rotatable bonds is 15. The van der Waals surface area contributed by atoms with Crippen LogP contribution in [0, 0.1) is 6.92 Å². The summed E-state index contributed by atoms with van der Waals surface area (Å²) in [5.74, 6) is 4.13. The number of aromatic nitrogens is 4. The molecular weight excluding hydrogens is 825 g/mol. The Bertz CT molecular complexity index is 2850. The maximum atomic E-state index is 12.5. The molecule has 6 aromatic rings. The molecule has 0 bridgehead atoms. The van der Waals surface area contributed by atoms with E-state index in [9.17, 15) is 35.8 Å². The fraction of sp³-hybridized carbons (Fsp3) is 0.0303. The van der Waals surface area contributed by atoms with Crippen LogP contribution in [0.1, 0.15) is 15.9 Å². The van der Waals surface area contributed by atoms with E-state index in [4.69, 9.17) is 11.2 Å². The summed E-state index contributed by atoms with van der Waals surface area (Å²) >= 11 is 0.328. The number of fused-ring (bicyclic) bond motifs is 1. The number of anilines is 4. The number of aryl methyl sites for hydroxylation is 1. The zero-order valence-electron chi connectivity index (χ0n) is 29.2. The van der Waals surface area contributed by atoms with Gasteiger partial charge in [0.1, 0.15) is 21.2 Å². The van der Waals surface area contributed by atoms with Gasteiger partial charge in [-0.3, -0.25) is 9.11 Å². The summed E-state index contributed by atoms with van der Waals surface area (Å²) in [5, 5.41) is 35.4. The first kappa shape index (κ1) is 41.1. The lowest BCUT2D eigenvalue weighted by molar-refractivity contribution is -0.603. The van der Waals surface area contributed by atoms with E-state index in [1.807, 2.05) is 31.2 Å². The van der Waals surface area contributed by atoms with Gasteiger partial charge in [0, 0.05) is 21.7 Å². The number of carboxylic acids is 1. The first-order valence-corrected chi connectivity index (χ1v) is 19.5. The third-order valence-electron chi connectivity index (χ3n) is 7.73. The predicted molar refractivity (Wildman–Crippen MR) is 204 cm³/mol. The van der Waals surface area contributed by atoms with Crippen LogP contribution < -0.4 is 21.1 Å². The SMILES string of the molecule is Cc1ccccc1Nc1nc(Nc2ccc(N=Nc3cc4c(S(=O)(=O)O)cc(SOOO)cc4cc3S(=O)(=O)O)c(N=CON)c2)nc(-[n+]2cccc(C(=O)O)c2)n1. The molecule has 0 spiro atoms. The number of pyridine rings is 1. The molecule has 0 atom stereocenters. The van der Waals surface area contributed by atoms with Crippen LogP contribution in [0.15, 0.2) is 121 Å². The van der Waals surface area contributed by atoms with Crippen LogP contribution in [-0.4, -0.2) is 63.6 Å². The molecule has 2 aromatic heterocycles. The molecule has 25 heteroatoms. The number of benzene rings is 4. The molecule has 0 aliphatic rings. The lowest BCUT2D eigenvalue weighted by atomic mass is 10.1. The molecule has 298 valence electrons. The van der Waals surface area contributed by atoms with Gasteiger partial charge in [0.2, 0.25) is 6.40 Å². The molecule has 0 unspecified atom stereocenters. The zero-order valence-corrected chi connectivity index (χ0v) is 31.7. The highest BCUT2D eigenvalue weighted by Crippen LogP contribution is 2.39. The van der Waals surface area contributed by atoms with Crippen molar-refractivity contribution in [2.24, 2.45) is 21.1 Å². The van der Waals surface area contributed by atoms with Crippen molar-refractivity contribution in [3.05, 3.63) is 102 Å². The molecule has 0 saturated carbocycles. The highest BCUT2D eigenvalue weighted by Gasteiger charge is 2.24. The van der Waals surface area contributed by atoms with Crippen LogP contribution >= 0.6 is 12.0 Å². The monoisotopic (exact) mass is 851 g/mol. The maximum absolute atomic E-state index is 12.5. The second-order valence-corrected chi connectivity index (χ2v) is 15.1. The van der Waals surface area contributed by atoms with E-state index in [1.54, 1.807) is 6.20 Å². The second-order valence-electron chi connectivity index (χ2n) is 11.6. The van der Waals surface area contributed by atoms with E-state index in [0.29, 0.717) is 23.4 Å². The summed E-state index contributed by atoms with van der Waals surface area (Å²) in [6.45, 7) is 1.88. The Labute approximate surface area is 331 Å². The quantitative estimate of drug-likeness (QED) is 0.00954. The number of carboxylic acid groups (broad SMARTS) is 1. The fourth-order valence-corrected chi connectivity index (χ4v) is 7.08. The Balaban J connectivity index is 1.41. The smallest absolute Gasteiger partial charge is 0.444 e. The molecule has 22 nitrogen and oxygen atoms in total. The molecule has 8 N–H and O–H groups in total. The van der Waals surface area contributed by atoms with Gasteiger partial charge in [0.25, 0.3) is 20.2 Å². The Morgan fingerprint density at radius 3 is 2.28 bits per heavy atom. The van der Waals surface area contributed by atoms with Crippen molar-refractivity contribution in [3.63, 3.8) is 0 Å². The average molecular weight is 852 g/mol. The maximum Gasteiger partial charge on any atom is 0.444 e. The third-order valence-corrected chi connectivity index (χ3v) is 10.1. The van der Waals surface area contributed by atoms with Crippen LogP contribution in [0.3, 0.4) is 0 Å². The summed E-state index contributed by atoms with van der Waals surface area (Å²) in [7, 11) is -9.98. The van der Waals surface area contributed by atoms with E-state index >= 15 is 0 Å². The van der Waals surface area contributed by atoms with Crippen molar-refractivity contribution in [2.45, 2.75) is 21.6 Å². The van der Waals surface area contributed by atoms with Crippen LogP contribution in [0.2, 0.25) is 0 Å². The molecule has 6 rings (SSSR count). The molecule has 0 fully saturated rings. The van der Waals surface area contributed by atoms with Crippen molar-refractivity contribution in [1.29, 1.82) is 0 Å². The Kier molecular flexibility index (Phi) is 12.3. The molecule has 0 amide bonds. The number of azo groups is 1. The number of aliphatic imine (C=N–C) groups is 1. The minimum absolute atomic E-state index is 0.00528. The summed E-state index contributed by atoms with van der Waals surface area (Å²) in [4.78, 5) is 32.1. The van der Waals surface area contributed by atoms with Crippen molar-refractivity contribution in [1.82, 2.24) is 15.0 Å². The normalized spacial score (nSPS) is 12.0. The summed E-state index contributed by atoms with van der Waals surface area (Å²) in [6.07, 6.45) is 3.73. The summed E-state index contributed by atoms with van der Waals surface area (Å²) in [6, 6.07) is 18.6. The number of aromatic carboxylic acids is 1. The Morgan fingerprint density at radius 1 is 0.862 bits per heavy atom. The van der Waals surface area contributed by atoms with Gasteiger partial charge in [0.15, 0.2) is 0 Å². The van der Waals surface area contributed by atoms with Crippen molar-refractivity contribution in [2.75, 3.05) is 10.6 Å². The highest BCUT2D eigenvalue weighted by atomic mass is 32.2. The lowest BCUT2D eigenvalue weighted by Gasteiger charge is -2.10. The van der Waals surface area contributed by atoms with Crippen molar-refractivity contribution < 1.29 is 59.9 Å². The summed E-state index contributed by atoms with van der Waals surface area (Å²) < 4.78 is 75.3.